The van der Waals surface area contributed by atoms with E-state index in [9.17, 15) is 26.4 Å². The molecule has 0 unspecified atom stereocenters. The van der Waals surface area contributed by atoms with Crippen molar-refractivity contribution in [2.24, 2.45) is 0 Å². The Bertz CT molecular complexity index is 2880. The van der Waals surface area contributed by atoms with Crippen LogP contribution in [0.2, 0.25) is 0 Å². The molecule has 3 heterocycles. The molecule has 19 heteroatoms. The number of aryl methyl sites for hydroxylation is 1. The van der Waals surface area contributed by atoms with Gasteiger partial charge in [0.15, 0.2) is 0 Å². The van der Waals surface area contributed by atoms with Gasteiger partial charge in [-0.05, 0) is 92.1 Å². The summed E-state index contributed by atoms with van der Waals surface area (Å²) in [6.07, 6.45) is 3.76. The quantitative estimate of drug-likeness (QED) is 0.116. The molecule has 2 N–H and O–H groups in total. The Balaban J connectivity index is 1.05. The zero-order valence-electron chi connectivity index (χ0n) is 28.7. The fourth-order valence-corrected chi connectivity index (χ4v) is 6.80. The Kier molecular flexibility index (Phi) is 10.3. The van der Waals surface area contributed by atoms with Gasteiger partial charge in [0, 0.05) is 24.2 Å². The van der Waals surface area contributed by atoms with Crippen molar-refractivity contribution >= 4 is 42.6 Å². The maximum absolute atomic E-state index is 13.7. The molecule has 0 bridgehead atoms. The second kappa shape index (κ2) is 15.2. The van der Waals surface area contributed by atoms with Crippen molar-refractivity contribution in [2.75, 3.05) is 0 Å². The van der Waals surface area contributed by atoms with E-state index >= 15 is 0 Å². The zero-order chi connectivity index (χ0) is 38.7. The first-order valence-electron chi connectivity index (χ1n) is 16.7. The molecular weight excluding hydrogens is 755 g/mol. The van der Waals surface area contributed by atoms with Gasteiger partial charge in [-0.3, -0.25) is 32.5 Å². The molecule has 0 atom stereocenters. The molecule has 0 amide bonds. The summed E-state index contributed by atoms with van der Waals surface area (Å²) >= 11 is 0. The highest BCUT2D eigenvalue weighted by atomic mass is 32.3. The van der Waals surface area contributed by atoms with Gasteiger partial charge in [0.05, 0.1) is 34.5 Å². The van der Waals surface area contributed by atoms with Crippen molar-refractivity contribution in [3.63, 3.8) is 0 Å². The van der Waals surface area contributed by atoms with Crippen LogP contribution in [0.15, 0.2) is 113 Å². The number of unbranched alkanes of at least 4 members (excludes halogenated alkanes) is 2. The third-order valence-electron chi connectivity index (χ3n) is 8.53. The lowest BCUT2D eigenvalue weighted by Gasteiger charge is -2.14. The second-order valence-electron chi connectivity index (χ2n) is 12.4. The lowest BCUT2D eigenvalue weighted by molar-refractivity contribution is 0.384. The van der Waals surface area contributed by atoms with Crippen LogP contribution in [0.5, 0.6) is 11.5 Å². The monoisotopic (exact) mass is 785 g/mol. The molecule has 0 spiro atoms. The Hall–Kier alpha value is -6.28. The van der Waals surface area contributed by atoms with E-state index in [0.717, 1.165) is 0 Å². The van der Waals surface area contributed by atoms with Crippen molar-refractivity contribution in [1.29, 1.82) is 0 Å². The van der Waals surface area contributed by atoms with Crippen LogP contribution in [0.3, 0.4) is 0 Å². The lowest BCUT2D eigenvalue weighted by atomic mass is 10.1. The van der Waals surface area contributed by atoms with Crippen LogP contribution in [-0.2, 0) is 40.4 Å². The van der Waals surface area contributed by atoms with Crippen LogP contribution < -0.4 is 19.5 Å². The largest absolute Gasteiger partial charge is 0.446 e. The number of rotatable bonds is 14. The Morgan fingerprint density at radius 3 is 1.58 bits per heavy atom. The first-order valence-corrected chi connectivity index (χ1v) is 19.5. The van der Waals surface area contributed by atoms with Gasteiger partial charge in [-0.2, -0.15) is 16.8 Å². The van der Waals surface area contributed by atoms with Gasteiger partial charge >= 0.3 is 20.8 Å². The number of hydrogen-bond donors (Lipinski definition) is 2. The zero-order valence-corrected chi connectivity index (χ0v) is 30.3. The lowest BCUT2D eigenvalue weighted by Crippen LogP contribution is -2.24. The van der Waals surface area contributed by atoms with Crippen molar-refractivity contribution in [3.05, 3.63) is 130 Å². The number of benzene rings is 4. The third kappa shape index (κ3) is 8.76. The molecule has 7 aromatic rings. The molecule has 0 aliphatic carbocycles. The summed E-state index contributed by atoms with van der Waals surface area (Å²) in [6, 6.07) is 25.4. The predicted octanol–water partition coefficient (Wildman–Crippen LogP) is 4.31. The second-order valence-corrected chi connectivity index (χ2v) is 14.4. The Labute approximate surface area is 313 Å². The van der Waals surface area contributed by atoms with Crippen LogP contribution >= 0.6 is 0 Å². The van der Waals surface area contributed by atoms with Gasteiger partial charge in [0.1, 0.15) is 28.8 Å². The molecular formula is C36H31N7O10S2. The van der Waals surface area contributed by atoms with Crippen molar-refractivity contribution < 1.29 is 34.3 Å². The van der Waals surface area contributed by atoms with E-state index in [1.807, 2.05) is 0 Å². The first-order chi connectivity index (χ1) is 26.3. The maximum atomic E-state index is 13.7. The maximum Gasteiger partial charge on any atom is 0.446 e. The minimum absolute atomic E-state index is 0.0405. The molecule has 0 radical (unpaired) electrons. The smallest absolute Gasteiger partial charge is 0.362 e. The average molecular weight is 786 g/mol. The van der Waals surface area contributed by atoms with E-state index in [4.69, 9.17) is 19.1 Å². The molecule has 7 rings (SSSR count). The first kappa shape index (κ1) is 37.1. The van der Waals surface area contributed by atoms with E-state index in [1.54, 1.807) is 76.1 Å². The van der Waals surface area contributed by atoms with E-state index in [0.29, 0.717) is 82.6 Å². The third-order valence-corrected chi connectivity index (χ3v) is 9.33. The standard InChI is InChI=1S/C36H31N7O10S2/c44-35-29-8-2-4-10-31(29)37-33(24-12-16-27(17-13-24)52-54(46,47)48)42(35)21-7-1-6-20-41-22-26(39-40-41)23-43-34(38-32-11-5-3-9-30(32)36(43)45)25-14-18-28(19-15-25)53-55(49,50)51/h2-5,8-19,22H,1,6-7,20-21,23H2,(H,46,47,48)(H,49,50,51). The molecule has 282 valence electrons. The van der Waals surface area contributed by atoms with Gasteiger partial charge < -0.3 is 8.37 Å². The van der Waals surface area contributed by atoms with Crippen LogP contribution in [0, 0.1) is 0 Å². The highest BCUT2D eigenvalue weighted by molar-refractivity contribution is 7.81. The van der Waals surface area contributed by atoms with Crippen LogP contribution in [-0.4, -0.2) is 60.0 Å². The minimum atomic E-state index is -4.72. The average Bonchev–Trinajstić information content (AvgIpc) is 3.60. The summed E-state index contributed by atoms with van der Waals surface area (Å²) in [5.41, 5.74) is 1.98. The summed E-state index contributed by atoms with van der Waals surface area (Å²) in [4.78, 5) is 36.7. The summed E-state index contributed by atoms with van der Waals surface area (Å²) in [5.74, 6) is 0.478. The summed E-state index contributed by atoms with van der Waals surface area (Å²) in [7, 11) is -9.41. The van der Waals surface area contributed by atoms with Gasteiger partial charge in [-0.25, -0.2) is 9.97 Å². The highest BCUT2D eigenvalue weighted by Crippen LogP contribution is 2.25. The van der Waals surface area contributed by atoms with Crippen LogP contribution in [0.1, 0.15) is 25.0 Å². The van der Waals surface area contributed by atoms with Crippen molar-refractivity contribution in [2.45, 2.75) is 38.9 Å². The normalized spacial score (nSPS) is 12.0. The molecule has 0 aliphatic rings. The molecule has 0 fully saturated rings. The molecule has 0 saturated heterocycles. The molecule has 0 saturated carbocycles. The summed E-state index contributed by atoms with van der Waals surface area (Å²) < 4.78 is 76.3. The molecule has 0 aliphatic heterocycles. The van der Waals surface area contributed by atoms with E-state index in [2.05, 4.69) is 18.7 Å². The topological polar surface area (TPSA) is 228 Å². The summed E-state index contributed by atoms with van der Waals surface area (Å²) in [5, 5.41) is 9.38. The molecule has 55 heavy (non-hydrogen) atoms. The van der Waals surface area contributed by atoms with Crippen molar-refractivity contribution in [3.8, 4) is 34.3 Å². The van der Waals surface area contributed by atoms with Gasteiger partial charge in [0.2, 0.25) is 0 Å². The fourth-order valence-electron chi connectivity index (χ4n) is 6.10. The van der Waals surface area contributed by atoms with Crippen molar-refractivity contribution in [1.82, 2.24) is 34.1 Å². The Morgan fingerprint density at radius 1 is 0.582 bits per heavy atom. The van der Waals surface area contributed by atoms with E-state index in [-0.39, 0.29) is 29.2 Å². The summed E-state index contributed by atoms with van der Waals surface area (Å²) in [6.45, 7) is 0.896. The molecule has 17 nitrogen and oxygen atoms in total. The van der Waals surface area contributed by atoms with Crippen LogP contribution in [0.4, 0.5) is 0 Å². The van der Waals surface area contributed by atoms with E-state index in [1.165, 1.54) is 41.0 Å². The number of hydrogen-bond acceptors (Lipinski definition) is 12. The SMILES string of the molecule is O=c1c2ccccc2nc(-c2ccc(OS(=O)(=O)O)cc2)n1CCCCCn1cc(Cn2c(-c3ccc(OS(=O)(=O)O)cc3)nc3ccccc3c2=O)nn1. The number of para-hydroxylation sites is 2. The number of nitrogens with zero attached hydrogens (tertiary/aromatic N) is 7. The van der Waals surface area contributed by atoms with E-state index < -0.39 is 20.8 Å². The Morgan fingerprint density at radius 2 is 1.05 bits per heavy atom. The molecule has 4 aromatic carbocycles. The van der Waals surface area contributed by atoms with Crippen LogP contribution in [0.25, 0.3) is 44.6 Å². The fraction of sp³-hybridized carbons (Fsp3) is 0.167. The minimum Gasteiger partial charge on any atom is -0.362 e. The van der Waals surface area contributed by atoms with Gasteiger partial charge in [-0.1, -0.05) is 29.5 Å². The number of aromatic nitrogens is 7. The molecule has 3 aromatic heterocycles. The van der Waals surface area contributed by atoms with Gasteiger partial charge in [0.25, 0.3) is 11.1 Å². The highest BCUT2D eigenvalue weighted by Gasteiger charge is 2.17. The number of fused-ring (bicyclic) bond motifs is 2. The predicted molar refractivity (Wildman–Crippen MR) is 200 cm³/mol. The van der Waals surface area contributed by atoms with Gasteiger partial charge in [-0.15, -0.1) is 5.10 Å².